The Morgan fingerprint density at radius 1 is 1.11 bits per heavy atom. The van der Waals surface area contributed by atoms with Crippen molar-refractivity contribution in [1.82, 2.24) is 0 Å². The molecule has 0 aromatic carbocycles. The maximum atomic E-state index is 10.3. The Morgan fingerprint density at radius 2 is 1.89 bits per heavy atom. The lowest BCUT2D eigenvalue weighted by Crippen LogP contribution is -2.07. The third-order valence-corrected chi connectivity index (χ3v) is 2.51. The maximum Gasteiger partial charge on any atom is 0.147 e. The van der Waals surface area contributed by atoms with Crippen molar-refractivity contribution in [3.63, 3.8) is 0 Å². The highest BCUT2D eigenvalue weighted by molar-refractivity contribution is 5.49. The fourth-order valence-electron chi connectivity index (χ4n) is 1.34. The summed E-state index contributed by atoms with van der Waals surface area (Å²) in [6.07, 6.45) is 10.4. The van der Waals surface area contributed by atoms with Gasteiger partial charge in [0.1, 0.15) is 13.1 Å². The molecule has 4 heteroatoms. The van der Waals surface area contributed by atoms with Gasteiger partial charge in [-0.25, -0.2) is 0 Å². The summed E-state index contributed by atoms with van der Waals surface area (Å²) in [5.74, 6) is 0. The van der Waals surface area contributed by atoms with Crippen LogP contribution in [0.3, 0.4) is 0 Å². The molecule has 0 aliphatic rings. The van der Waals surface area contributed by atoms with Gasteiger partial charge in [0.15, 0.2) is 0 Å². The van der Waals surface area contributed by atoms with Crippen LogP contribution in [-0.4, -0.2) is 40.0 Å². The molecule has 0 saturated heterocycles. The molecule has 0 N–H and O–H groups in total. The molecule has 0 unspecified atom stereocenters. The van der Waals surface area contributed by atoms with Crippen LogP contribution in [0.5, 0.6) is 0 Å². The van der Waals surface area contributed by atoms with Crippen LogP contribution in [0.4, 0.5) is 0 Å². The first-order valence-electron chi connectivity index (χ1n) is 6.55. The fraction of sp³-hybridized carbons (Fsp3) is 0.667. The summed E-state index contributed by atoms with van der Waals surface area (Å²) in [6, 6.07) is 0. The van der Waals surface area contributed by atoms with Gasteiger partial charge in [0, 0.05) is 13.5 Å². The predicted molar refractivity (Wildman–Crippen MR) is 76.0 cm³/mol. The summed E-state index contributed by atoms with van der Waals surface area (Å²) in [5.41, 5.74) is 0.0510. The summed E-state index contributed by atoms with van der Waals surface area (Å²) in [7, 11) is 1.63. The largest absolute Gasteiger partial charge is 0.382 e. The third-order valence-electron chi connectivity index (χ3n) is 2.51. The molecule has 0 fully saturated rings. The summed E-state index contributed by atoms with van der Waals surface area (Å²) >= 11 is 0. The minimum Gasteiger partial charge on any atom is -0.382 e. The van der Waals surface area contributed by atoms with E-state index in [1.54, 1.807) is 7.11 Å². The number of methoxy groups -OCH3 is 1. The molecule has 0 aromatic heterocycles. The molecule has 0 aliphatic carbocycles. The summed E-state index contributed by atoms with van der Waals surface area (Å²) in [5, 5.41) is 0. The molecule has 0 heterocycles. The number of hydrogen-bond donors (Lipinski definition) is 0. The molecule has 0 aromatic rings. The smallest absolute Gasteiger partial charge is 0.147 e. The van der Waals surface area contributed by atoms with Gasteiger partial charge in [-0.2, -0.15) is 0 Å². The van der Waals surface area contributed by atoms with Crippen LogP contribution < -0.4 is 0 Å². The Hall–Kier alpha value is -0.970. The van der Waals surface area contributed by atoms with Crippen LogP contribution in [0.1, 0.15) is 26.7 Å². The Labute approximate surface area is 116 Å². The van der Waals surface area contributed by atoms with Crippen molar-refractivity contribution in [3.8, 4) is 0 Å². The van der Waals surface area contributed by atoms with Gasteiger partial charge >= 0.3 is 0 Å². The molecule has 0 bridgehead atoms. The monoisotopic (exact) mass is 270 g/mol. The van der Waals surface area contributed by atoms with Crippen LogP contribution in [0.2, 0.25) is 0 Å². The van der Waals surface area contributed by atoms with Gasteiger partial charge in [0.2, 0.25) is 0 Å². The van der Waals surface area contributed by atoms with Gasteiger partial charge in [-0.15, -0.1) is 0 Å². The quantitative estimate of drug-likeness (QED) is 0.237. The number of ether oxygens (including phenoxy) is 3. The number of allylic oxidation sites excluding steroid dienone is 3. The molecule has 0 radical (unpaired) electrons. The van der Waals surface area contributed by atoms with Crippen molar-refractivity contribution in [1.29, 1.82) is 0 Å². The van der Waals surface area contributed by atoms with Gasteiger partial charge in [-0.1, -0.05) is 38.2 Å². The van der Waals surface area contributed by atoms with E-state index in [1.807, 2.05) is 18.2 Å². The van der Waals surface area contributed by atoms with E-state index in [1.165, 1.54) is 0 Å². The number of hydrogen-bond acceptors (Lipinski definition) is 4. The zero-order chi connectivity index (χ0) is 14.4. The normalized spacial score (nSPS) is 12.6. The minimum atomic E-state index is 0.0510. The van der Waals surface area contributed by atoms with Crippen LogP contribution in [-0.2, 0) is 19.0 Å². The number of rotatable bonds is 12. The Bertz CT molecular complexity index is 269. The lowest BCUT2D eigenvalue weighted by atomic mass is 9.88. The molecule has 110 valence electrons. The highest BCUT2D eigenvalue weighted by Crippen LogP contribution is 2.23. The molecule has 4 nitrogen and oxygen atoms in total. The number of carbonyl (C=O) groups excluding carboxylic acids is 1. The predicted octanol–water partition coefficient (Wildman–Crippen LogP) is 2.74. The Morgan fingerprint density at radius 3 is 2.58 bits per heavy atom. The second-order valence-electron chi connectivity index (χ2n) is 4.87. The first kappa shape index (κ1) is 18.0. The zero-order valence-electron chi connectivity index (χ0n) is 12.3. The lowest BCUT2D eigenvalue weighted by molar-refractivity contribution is -0.108. The van der Waals surface area contributed by atoms with Gasteiger partial charge < -0.3 is 19.0 Å². The second kappa shape index (κ2) is 12.1. The van der Waals surface area contributed by atoms with E-state index in [4.69, 9.17) is 14.2 Å². The first-order chi connectivity index (χ1) is 9.12. The first-order valence-corrected chi connectivity index (χ1v) is 6.55. The summed E-state index contributed by atoms with van der Waals surface area (Å²) in [6.45, 7) is 6.15. The van der Waals surface area contributed by atoms with Gasteiger partial charge in [0.25, 0.3) is 0 Å². The second-order valence-corrected chi connectivity index (χ2v) is 4.87. The lowest BCUT2D eigenvalue weighted by Gasteiger charge is -2.17. The zero-order valence-corrected chi connectivity index (χ0v) is 12.3. The minimum absolute atomic E-state index is 0.0510. The number of carbonyl (C=O) groups is 1. The Balaban J connectivity index is 3.58. The molecule has 0 rings (SSSR count). The molecule has 0 amide bonds. The van der Waals surface area contributed by atoms with E-state index in [-0.39, 0.29) is 12.2 Å². The van der Waals surface area contributed by atoms with E-state index >= 15 is 0 Å². The fourth-order valence-corrected chi connectivity index (χ4v) is 1.34. The van der Waals surface area contributed by atoms with Crippen molar-refractivity contribution >= 4 is 6.29 Å². The standard InChI is InChI=1S/C15H26O4/c1-15(2,9-7-10-16)8-5-4-6-11-18-14-19-13-12-17-3/h4-6,8,10H,7,9,11-14H2,1-3H3/b6-4+,8-5+. The van der Waals surface area contributed by atoms with Crippen molar-refractivity contribution in [2.45, 2.75) is 26.7 Å². The van der Waals surface area contributed by atoms with Crippen molar-refractivity contribution in [3.05, 3.63) is 24.3 Å². The van der Waals surface area contributed by atoms with Crippen molar-refractivity contribution < 1.29 is 19.0 Å². The van der Waals surface area contributed by atoms with E-state index in [9.17, 15) is 4.79 Å². The highest BCUT2D eigenvalue weighted by atomic mass is 16.7. The van der Waals surface area contributed by atoms with Crippen LogP contribution in [0, 0.1) is 5.41 Å². The van der Waals surface area contributed by atoms with Gasteiger partial charge in [0.05, 0.1) is 19.8 Å². The van der Waals surface area contributed by atoms with E-state index in [0.717, 1.165) is 12.7 Å². The van der Waals surface area contributed by atoms with Crippen LogP contribution in [0.25, 0.3) is 0 Å². The molecule has 0 aliphatic heterocycles. The van der Waals surface area contributed by atoms with Crippen molar-refractivity contribution in [2.75, 3.05) is 33.7 Å². The summed E-state index contributed by atoms with van der Waals surface area (Å²) in [4.78, 5) is 10.3. The third kappa shape index (κ3) is 13.3. The SMILES string of the molecule is COCCOCOC/C=C/C=C/C(C)(C)CCC=O. The van der Waals surface area contributed by atoms with Crippen molar-refractivity contribution in [2.24, 2.45) is 5.41 Å². The topological polar surface area (TPSA) is 44.8 Å². The molecular formula is C15H26O4. The van der Waals surface area contributed by atoms with Crippen LogP contribution in [0.15, 0.2) is 24.3 Å². The van der Waals surface area contributed by atoms with Gasteiger partial charge in [-0.3, -0.25) is 0 Å². The summed E-state index contributed by atoms with van der Waals surface area (Å²) < 4.78 is 15.2. The van der Waals surface area contributed by atoms with E-state index in [2.05, 4.69) is 19.9 Å². The molecule has 0 atom stereocenters. The average molecular weight is 270 g/mol. The molecular weight excluding hydrogens is 244 g/mol. The van der Waals surface area contributed by atoms with E-state index < -0.39 is 0 Å². The Kier molecular flexibility index (Phi) is 11.5. The highest BCUT2D eigenvalue weighted by Gasteiger charge is 2.11. The van der Waals surface area contributed by atoms with Crippen LogP contribution >= 0.6 is 0 Å². The average Bonchev–Trinajstić information content (AvgIpc) is 2.38. The molecule has 0 saturated carbocycles. The number of aldehydes is 1. The maximum absolute atomic E-state index is 10.3. The van der Waals surface area contributed by atoms with E-state index in [0.29, 0.717) is 26.2 Å². The molecule has 0 spiro atoms. The van der Waals surface area contributed by atoms with Gasteiger partial charge in [-0.05, 0) is 11.8 Å². The molecule has 19 heavy (non-hydrogen) atoms.